The van der Waals surface area contributed by atoms with E-state index in [2.05, 4.69) is 20.4 Å². The molecule has 0 aromatic carbocycles. The highest BCUT2D eigenvalue weighted by atomic mass is 14.3. The zero-order valence-electron chi connectivity index (χ0n) is 8.66. The van der Waals surface area contributed by atoms with Gasteiger partial charge in [0.15, 0.2) is 0 Å². The molecule has 1 aliphatic carbocycles. The average Bonchev–Trinajstić information content (AvgIpc) is 2.10. The van der Waals surface area contributed by atoms with Crippen LogP contribution in [0.3, 0.4) is 0 Å². The Labute approximate surface area is 77.1 Å². The molecule has 0 aromatic heterocycles. The normalized spacial score (nSPS) is 22.7. The first-order chi connectivity index (χ1) is 5.72. The minimum atomic E-state index is 0.690. The molecule has 1 rings (SSSR count). The fraction of sp³-hybridized carbons (Fsp3) is 0.833. The van der Waals surface area contributed by atoms with Crippen molar-refractivity contribution < 1.29 is 0 Å². The van der Waals surface area contributed by atoms with E-state index in [1.165, 1.54) is 50.5 Å². The molecule has 0 N–H and O–H groups in total. The second kappa shape index (κ2) is 4.11. The zero-order valence-corrected chi connectivity index (χ0v) is 8.66. The van der Waals surface area contributed by atoms with E-state index in [4.69, 9.17) is 0 Å². The fourth-order valence-electron chi connectivity index (χ4n) is 2.44. The lowest BCUT2D eigenvalue weighted by atomic mass is 9.68. The monoisotopic (exact) mass is 166 g/mol. The summed E-state index contributed by atoms with van der Waals surface area (Å²) in [6.45, 7) is 8.73. The standard InChI is InChI=1S/C12H22/c1-4-8-12(5-2)9-6-11(3)7-10-12/h3-10H2,1-2H3. The summed E-state index contributed by atoms with van der Waals surface area (Å²) < 4.78 is 0. The Morgan fingerprint density at radius 2 is 1.83 bits per heavy atom. The van der Waals surface area contributed by atoms with Crippen molar-refractivity contribution in [2.24, 2.45) is 5.41 Å². The second-order valence-electron chi connectivity index (χ2n) is 4.35. The van der Waals surface area contributed by atoms with Gasteiger partial charge in [-0.05, 0) is 37.5 Å². The molecule has 12 heavy (non-hydrogen) atoms. The van der Waals surface area contributed by atoms with Crippen molar-refractivity contribution in [1.29, 1.82) is 0 Å². The third-order valence-electron chi connectivity index (χ3n) is 3.55. The van der Waals surface area contributed by atoms with Gasteiger partial charge in [0.2, 0.25) is 0 Å². The summed E-state index contributed by atoms with van der Waals surface area (Å²) in [5.41, 5.74) is 2.17. The topological polar surface area (TPSA) is 0 Å². The van der Waals surface area contributed by atoms with E-state index < -0.39 is 0 Å². The van der Waals surface area contributed by atoms with Gasteiger partial charge in [-0.25, -0.2) is 0 Å². The van der Waals surface area contributed by atoms with Gasteiger partial charge in [-0.3, -0.25) is 0 Å². The van der Waals surface area contributed by atoms with Crippen molar-refractivity contribution in [1.82, 2.24) is 0 Å². The second-order valence-corrected chi connectivity index (χ2v) is 4.35. The van der Waals surface area contributed by atoms with Gasteiger partial charge < -0.3 is 0 Å². The van der Waals surface area contributed by atoms with Crippen LogP contribution in [0.5, 0.6) is 0 Å². The summed E-state index contributed by atoms with van der Waals surface area (Å²) in [6.07, 6.45) is 9.51. The van der Waals surface area contributed by atoms with Crippen LogP contribution in [-0.2, 0) is 0 Å². The Hall–Kier alpha value is -0.260. The predicted molar refractivity (Wildman–Crippen MR) is 55.2 cm³/mol. The van der Waals surface area contributed by atoms with Crippen LogP contribution in [0.15, 0.2) is 12.2 Å². The molecule has 1 fully saturated rings. The summed E-state index contributed by atoms with van der Waals surface area (Å²) in [7, 11) is 0. The minimum Gasteiger partial charge on any atom is -0.0999 e. The fourth-order valence-corrected chi connectivity index (χ4v) is 2.44. The Bertz CT molecular complexity index is 145. The molecule has 0 saturated heterocycles. The summed E-state index contributed by atoms with van der Waals surface area (Å²) in [5, 5.41) is 0. The van der Waals surface area contributed by atoms with E-state index in [9.17, 15) is 0 Å². The van der Waals surface area contributed by atoms with Crippen molar-refractivity contribution in [2.45, 2.75) is 58.8 Å². The van der Waals surface area contributed by atoms with E-state index in [0.29, 0.717) is 5.41 Å². The molecular formula is C12H22. The van der Waals surface area contributed by atoms with Gasteiger partial charge in [-0.1, -0.05) is 38.8 Å². The van der Waals surface area contributed by atoms with Gasteiger partial charge in [0, 0.05) is 0 Å². The highest BCUT2D eigenvalue weighted by molar-refractivity contribution is 5.02. The molecule has 0 spiro atoms. The molecular weight excluding hydrogens is 144 g/mol. The lowest BCUT2D eigenvalue weighted by molar-refractivity contribution is 0.186. The third kappa shape index (κ3) is 2.12. The SMILES string of the molecule is C=C1CCC(CC)(CCC)CC1. The van der Waals surface area contributed by atoms with Gasteiger partial charge >= 0.3 is 0 Å². The van der Waals surface area contributed by atoms with Crippen LogP contribution in [0.1, 0.15) is 58.8 Å². The molecule has 0 heterocycles. The maximum absolute atomic E-state index is 4.07. The molecule has 0 amide bonds. The molecule has 0 atom stereocenters. The first kappa shape index (κ1) is 9.83. The van der Waals surface area contributed by atoms with Crippen LogP contribution in [0.2, 0.25) is 0 Å². The van der Waals surface area contributed by atoms with Crippen LogP contribution in [0.4, 0.5) is 0 Å². The van der Waals surface area contributed by atoms with E-state index in [0.717, 1.165) is 0 Å². The van der Waals surface area contributed by atoms with Crippen LogP contribution in [0, 0.1) is 5.41 Å². The van der Waals surface area contributed by atoms with Gasteiger partial charge in [-0.15, -0.1) is 0 Å². The predicted octanol–water partition coefficient (Wildman–Crippen LogP) is 4.31. The Morgan fingerprint density at radius 3 is 2.25 bits per heavy atom. The first-order valence-corrected chi connectivity index (χ1v) is 5.39. The maximum atomic E-state index is 4.07. The van der Waals surface area contributed by atoms with E-state index >= 15 is 0 Å². The van der Waals surface area contributed by atoms with Gasteiger partial charge in [0.25, 0.3) is 0 Å². The number of hydrogen-bond acceptors (Lipinski definition) is 0. The average molecular weight is 166 g/mol. The molecule has 1 aliphatic rings. The number of allylic oxidation sites excluding steroid dienone is 1. The van der Waals surface area contributed by atoms with Crippen molar-refractivity contribution in [3.8, 4) is 0 Å². The first-order valence-electron chi connectivity index (χ1n) is 5.39. The smallest absolute Gasteiger partial charge is 0.0294 e. The highest BCUT2D eigenvalue weighted by Crippen LogP contribution is 2.44. The molecule has 0 bridgehead atoms. The number of hydrogen-bond donors (Lipinski definition) is 0. The van der Waals surface area contributed by atoms with Crippen molar-refractivity contribution in [3.63, 3.8) is 0 Å². The van der Waals surface area contributed by atoms with Crippen LogP contribution < -0.4 is 0 Å². The maximum Gasteiger partial charge on any atom is -0.0294 e. The summed E-state index contributed by atoms with van der Waals surface area (Å²) in [6, 6.07) is 0. The lowest BCUT2D eigenvalue weighted by Crippen LogP contribution is -2.23. The van der Waals surface area contributed by atoms with Crippen LogP contribution >= 0.6 is 0 Å². The molecule has 70 valence electrons. The molecule has 0 aromatic rings. The molecule has 1 saturated carbocycles. The largest absolute Gasteiger partial charge is 0.0999 e. The van der Waals surface area contributed by atoms with E-state index in [-0.39, 0.29) is 0 Å². The molecule has 0 unspecified atom stereocenters. The van der Waals surface area contributed by atoms with E-state index in [1.807, 2.05) is 0 Å². The van der Waals surface area contributed by atoms with Crippen molar-refractivity contribution in [2.75, 3.05) is 0 Å². The van der Waals surface area contributed by atoms with Crippen LogP contribution in [0.25, 0.3) is 0 Å². The van der Waals surface area contributed by atoms with Crippen molar-refractivity contribution in [3.05, 3.63) is 12.2 Å². The van der Waals surface area contributed by atoms with Gasteiger partial charge in [-0.2, -0.15) is 0 Å². The molecule has 0 heteroatoms. The highest BCUT2D eigenvalue weighted by Gasteiger charge is 2.29. The zero-order chi connectivity index (χ0) is 9.03. The Balaban J connectivity index is 2.50. The molecule has 0 aliphatic heterocycles. The number of rotatable bonds is 3. The van der Waals surface area contributed by atoms with Crippen molar-refractivity contribution >= 4 is 0 Å². The van der Waals surface area contributed by atoms with Gasteiger partial charge in [0.1, 0.15) is 0 Å². The van der Waals surface area contributed by atoms with E-state index in [1.54, 1.807) is 0 Å². The quantitative estimate of drug-likeness (QED) is 0.548. The van der Waals surface area contributed by atoms with Crippen LogP contribution in [-0.4, -0.2) is 0 Å². The summed E-state index contributed by atoms with van der Waals surface area (Å²) in [4.78, 5) is 0. The summed E-state index contributed by atoms with van der Waals surface area (Å²) in [5.74, 6) is 0. The minimum absolute atomic E-state index is 0.690. The molecule has 0 radical (unpaired) electrons. The third-order valence-corrected chi connectivity index (χ3v) is 3.55. The Kier molecular flexibility index (Phi) is 3.37. The lowest BCUT2D eigenvalue weighted by Gasteiger charge is -2.37. The summed E-state index contributed by atoms with van der Waals surface area (Å²) >= 11 is 0. The van der Waals surface area contributed by atoms with Gasteiger partial charge in [0.05, 0.1) is 0 Å². The molecule has 0 nitrogen and oxygen atoms in total. The Morgan fingerprint density at radius 1 is 1.25 bits per heavy atom.